The van der Waals surface area contributed by atoms with Crippen LogP contribution in [0, 0.1) is 0 Å². The smallest absolute Gasteiger partial charge is 0.160 e. The first-order valence-corrected chi connectivity index (χ1v) is 10.2. The number of unbranched alkanes of at least 4 members (excludes halogenated alkanes) is 8. The number of methoxy groups -OCH3 is 1. The number of carbonyl (C=O) groups excluding carboxylic acids is 1. The second-order valence-corrected chi connectivity index (χ2v) is 6.99. The Kier molecular flexibility index (Phi) is 12.3. The minimum atomic E-state index is 0.182. The van der Waals surface area contributed by atoms with Gasteiger partial charge >= 0.3 is 0 Å². The first-order valence-electron chi connectivity index (χ1n) is 10.2. The molecule has 1 aromatic carbocycles. The molecule has 0 amide bonds. The van der Waals surface area contributed by atoms with E-state index in [9.17, 15) is 9.90 Å². The highest BCUT2D eigenvalue weighted by molar-refractivity contribution is 5.89. The zero-order valence-corrected chi connectivity index (χ0v) is 16.6. The highest BCUT2D eigenvalue weighted by atomic mass is 16.5. The minimum Gasteiger partial charge on any atom is -0.504 e. The molecule has 0 radical (unpaired) electrons. The third-order valence-electron chi connectivity index (χ3n) is 4.66. The fourth-order valence-electron chi connectivity index (χ4n) is 3.05. The van der Waals surface area contributed by atoms with Crippen LogP contribution in [0.25, 0.3) is 0 Å². The van der Waals surface area contributed by atoms with Gasteiger partial charge in [0.2, 0.25) is 0 Å². The van der Waals surface area contributed by atoms with Gasteiger partial charge in [-0.1, -0.05) is 64.0 Å². The quantitative estimate of drug-likeness (QED) is 0.291. The third-order valence-corrected chi connectivity index (χ3v) is 4.66. The maximum absolute atomic E-state index is 11.8. The van der Waals surface area contributed by atoms with E-state index in [0.717, 1.165) is 31.2 Å². The average molecular weight is 361 g/mol. The van der Waals surface area contributed by atoms with Gasteiger partial charge in [-0.15, -0.1) is 0 Å². The van der Waals surface area contributed by atoms with Crippen molar-refractivity contribution in [1.29, 1.82) is 0 Å². The van der Waals surface area contributed by atoms with E-state index < -0.39 is 0 Å². The number of allylic oxidation sites excluding steroid dienone is 2. The molecule has 0 fully saturated rings. The lowest BCUT2D eigenvalue weighted by Gasteiger charge is -2.05. The number of ether oxygens (including phenoxy) is 1. The number of benzene rings is 1. The molecule has 0 heterocycles. The van der Waals surface area contributed by atoms with Gasteiger partial charge in [0, 0.05) is 6.42 Å². The van der Waals surface area contributed by atoms with Crippen molar-refractivity contribution in [2.24, 2.45) is 0 Å². The Morgan fingerprint density at radius 2 is 1.73 bits per heavy atom. The molecule has 0 saturated carbocycles. The Morgan fingerprint density at radius 1 is 1.04 bits per heavy atom. The molecule has 0 aliphatic rings. The number of ketones is 1. The Labute approximate surface area is 159 Å². The Bertz CT molecular complexity index is 534. The van der Waals surface area contributed by atoms with Crippen LogP contribution in [0.4, 0.5) is 0 Å². The Morgan fingerprint density at radius 3 is 2.38 bits per heavy atom. The van der Waals surface area contributed by atoms with Gasteiger partial charge in [-0.05, 0) is 49.5 Å². The molecule has 0 bridgehead atoms. The van der Waals surface area contributed by atoms with Crippen molar-refractivity contribution in [1.82, 2.24) is 0 Å². The summed E-state index contributed by atoms with van der Waals surface area (Å²) in [5, 5.41) is 9.76. The predicted molar refractivity (Wildman–Crippen MR) is 109 cm³/mol. The predicted octanol–water partition coefficient (Wildman–Crippen LogP) is 6.38. The lowest BCUT2D eigenvalue weighted by molar-refractivity contribution is -0.114. The van der Waals surface area contributed by atoms with E-state index in [-0.39, 0.29) is 11.5 Å². The highest BCUT2D eigenvalue weighted by Crippen LogP contribution is 2.26. The summed E-state index contributed by atoms with van der Waals surface area (Å²) in [6.07, 6.45) is 17.2. The van der Waals surface area contributed by atoms with Gasteiger partial charge in [0.25, 0.3) is 0 Å². The zero-order valence-electron chi connectivity index (χ0n) is 16.6. The molecule has 146 valence electrons. The van der Waals surface area contributed by atoms with Crippen LogP contribution in [0.2, 0.25) is 0 Å². The fraction of sp³-hybridized carbons (Fsp3) is 0.609. The van der Waals surface area contributed by atoms with Crippen LogP contribution in [0.3, 0.4) is 0 Å². The monoisotopic (exact) mass is 360 g/mol. The largest absolute Gasteiger partial charge is 0.504 e. The lowest BCUT2D eigenvalue weighted by Crippen LogP contribution is -1.93. The summed E-state index contributed by atoms with van der Waals surface area (Å²) < 4.78 is 5.04. The van der Waals surface area contributed by atoms with Crippen LogP contribution >= 0.6 is 0 Å². The van der Waals surface area contributed by atoms with E-state index in [4.69, 9.17) is 4.74 Å². The van der Waals surface area contributed by atoms with E-state index in [1.165, 1.54) is 44.9 Å². The van der Waals surface area contributed by atoms with Gasteiger partial charge in [-0.25, -0.2) is 0 Å². The number of rotatable bonds is 15. The number of phenols is 1. The van der Waals surface area contributed by atoms with Crippen molar-refractivity contribution >= 4 is 5.78 Å². The molecular weight excluding hydrogens is 324 g/mol. The molecule has 0 aliphatic heterocycles. The number of aromatic hydroxyl groups is 1. The van der Waals surface area contributed by atoms with Gasteiger partial charge in [-0.2, -0.15) is 0 Å². The molecule has 1 rings (SSSR count). The first kappa shape index (κ1) is 22.3. The number of aryl methyl sites for hydroxylation is 1. The summed E-state index contributed by atoms with van der Waals surface area (Å²) in [6.45, 7) is 2.24. The van der Waals surface area contributed by atoms with Crippen molar-refractivity contribution in [2.45, 2.75) is 84.0 Å². The Balaban J connectivity index is 2.05. The number of hydrogen-bond acceptors (Lipinski definition) is 3. The van der Waals surface area contributed by atoms with Gasteiger partial charge < -0.3 is 9.84 Å². The summed E-state index contributed by atoms with van der Waals surface area (Å²) in [5.74, 6) is 0.930. The average Bonchev–Trinajstić information content (AvgIpc) is 2.64. The van der Waals surface area contributed by atoms with Crippen molar-refractivity contribution in [3.63, 3.8) is 0 Å². The highest BCUT2D eigenvalue weighted by Gasteiger charge is 2.02. The molecule has 0 aliphatic carbocycles. The van der Waals surface area contributed by atoms with Crippen molar-refractivity contribution in [2.75, 3.05) is 7.11 Å². The van der Waals surface area contributed by atoms with Crippen LogP contribution in [-0.2, 0) is 11.2 Å². The molecular formula is C23H36O3. The van der Waals surface area contributed by atoms with Crippen molar-refractivity contribution in [3.05, 3.63) is 35.9 Å². The number of carbonyl (C=O) groups is 1. The van der Waals surface area contributed by atoms with Gasteiger partial charge in [0.05, 0.1) is 7.11 Å². The maximum atomic E-state index is 11.8. The fourth-order valence-corrected chi connectivity index (χ4v) is 3.05. The molecule has 3 nitrogen and oxygen atoms in total. The van der Waals surface area contributed by atoms with Gasteiger partial charge in [-0.3, -0.25) is 4.79 Å². The Hall–Kier alpha value is -1.77. The van der Waals surface area contributed by atoms with E-state index >= 15 is 0 Å². The summed E-state index contributed by atoms with van der Waals surface area (Å²) in [4.78, 5) is 11.8. The lowest BCUT2D eigenvalue weighted by atomic mass is 10.1. The van der Waals surface area contributed by atoms with Gasteiger partial charge in [0.1, 0.15) is 0 Å². The van der Waals surface area contributed by atoms with E-state index in [2.05, 4.69) is 6.92 Å². The molecule has 0 saturated heterocycles. The molecule has 0 atom stereocenters. The first-order chi connectivity index (χ1) is 12.7. The topological polar surface area (TPSA) is 46.5 Å². The normalized spacial score (nSPS) is 11.2. The number of hydrogen-bond donors (Lipinski definition) is 1. The van der Waals surface area contributed by atoms with Crippen molar-refractivity contribution in [3.8, 4) is 11.5 Å². The van der Waals surface area contributed by atoms with Crippen LogP contribution in [0.1, 0.15) is 83.1 Å². The van der Waals surface area contributed by atoms with Crippen LogP contribution in [-0.4, -0.2) is 18.0 Å². The standard InChI is InChI=1S/C23H36O3/c1-3-4-5-6-7-8-9-12-15-21(24)16-13-10-11-14-20-17-18-23(26-2)22(25)19-20/h13,16-19,25H,3-12,14-15H2,1-2H3. The van der Waals surface area contributed by atoms with Crippen molar-refractivity contribution < 1.29 is 14.6 Å². The van der Waals surface area contributed by atoms with E-state index in [1.54, 1.807) is 25.3 Å². The summed E-state index contributed by atoms with van der Waals surface area (Å²) >= 11 is 0. The maximum Gasteiger partial charge on any atom is 0.160 e. The van der Waals surface area contributed by atoms with Crippen LogP contribution < -0.4 is 4.74 Å². The zero-order chi connectivity index (χ0) is 19.0. The summed E-state index contributed by atoms with van der Waals surface area (Å²) in [5.41, 5.74) is 1.09. The van der Waals surface area contributed by atoms with E-state index in [1.807, 2.05) is 12.1 Å². The summed E-state index contributed by atoms with van der Waals surface area (Å²) in [7, 11) is 1.55. The third kappa shape index (κ3) is 10.3. The van der Waals surface area contributed by atoms with E-state index in [0.29, 0.717) is 12.2 Å². The van der Waals surface area contributed by atoms with Crippen LogP contribution in [0.15, 0.2) is 30.4 Å². The number of phenolic OH excluding ortho intramolecular Hbond substituents is 1. The molecule has 1 N–H and O–H groups in total. The molecule has 0 spiro atoms. The molecule has 26 heavy (non-hydrogen) atoms. The minimum absolute atomic E-state index is 0.182. The summed E-state index contributed by atoms with van der Waals surface area (Å²) in [6, 6.07) is 5.50. The molecule has 3 heteroatoms. The molecule has 0 aromatic heterocycles. The van der Waals surface area contributed by atoms with Crippen LogP contribution in [0.5, 0.6) is 11.5 Å². The second-order valence-electron chi connectivity index (χ2n) is 6.99. The second kappa shape index (κ2) is 14.4. The molecule has 0 unspecified atom stereocenters. The van der Waals surface area contributed by atoms with Gasteiger partial charge in [0.15, 0.2) is 17.3 Å². The molecule has 1 aromatic rings. The SMILES string of the molecule is CCCCCCCCCCC(=O)C=CCCCc1ccc(OC)c(O)c1.